The third-order valence-corrected chi connectivity index (χ3v) is 3.59. The number of aliphatic imine (C=N–C) groups is 1. The largest absolute Gasteiger partial charge is 0.348 e. The lowest BCUT2D eigenvalue weighted by Gasteiger charge is -2.11. The molecule has 2 aromatic rings. The maximum atomic E-state index is 9.05. The number of rotatable bonds is 4. The van der Waals surface area contributed by atoms with E-state index in [1.807, 2.05) is 42.5 Å². The van der Waals surface area contributed by atoms with Crippen LogP contribution in [-0.2, 0) is 6.42 Å². The van der Waals surface area contributed by atoms with Crippen LogP contribution >= 0.6 is 0 Å². The Morgan fingerprint density at radius 3 is 2.30 bits per heavy atom. The SMILES string of the molecule is Cc1cc(N=C(C#N)NCC#N)cc(C)c1Cc1ccccc1. The first-order chi connectivity index (χ1) is 11.1. The van der Waals surface area contributed by atoms with Crippen LogP contribution < -0.4 is 5.32 Å². The Morgan fingerprint density at radius 2 is 1.74 bits per heavy atom. The fourth-order valence-electron chi connectivity index (χ4n) is 2.47. The van der Waals surface area contributed by atoms with Gasteiger partial charge in [0.2, 0.25) is 5.84 Å². The summed E-state index contributed by atoms with van der Waals surface area (Å²) in [6.07, 6.45) is 0.875. The van der Waals surface area contributed by atoms with Gasteiger partial charge in [-0.15, -0.1) is 0 Å². The van der Waals surface area contributed by atoms with Crippen molar-refractivity contribution in [2.45, 2.75) is 20.3 Å². The fourth-order valence-corrected chi connectivity index (χ4v) is 2.47. The number of hydrogen-bond donors (Lipinski definition) is 1. The zero-order chi connectivity index (χ0) is 16.7. The number of nitrogens with zero attached hydrogens (tertiary/aromatic N) is 3. The second kappa shape index (κ2) is 7.77. The van der Waals surface area contributed by atoms with E-state index >= 15 is 0 Å². The van der Waals surface area contributed by atoms with Crippen LogP contribution in [0.15, 0.2) is 47.5 Å². The molecular formula is C19H18N4. The van der Waals surface area contributed by atoms with Crippen molar-refractivity contribution in [3.05, 3.63) is 64.7 Å². The van der Waals surface area contributed by atoms with Crippen molar-refractivity contribution in [3.63, 3.8) is 0 Å². The van der Waals surface area contributed by atoms with Crippen LogP contribution in [0.5, 0.6) is 0 Å². The van der Waals surface area contributed by atoms with Crippen LogP contribution in [0.4, 0.5) is 5.69 Å². The van der Waals surface area contributed by atoms with E-state index < -0.39 is 0 Å². The molecule has 0 bridgehead atoms. The average molecular weight is 302 g/mol. The molecule has 0 aliphatic heterocycles. The molecule has 2 aromatic carbocycles. The number of amidine groups is 1. The van der Waals surface area contributed by atoms with E-state index in [9.17, 15) is 0 Å². The highest BCUT2D eigenvalue weighted by molar-refractivity contribution is 5.98. The van der Waals surface area contributed by atoms with E-state index in [1.54, 1.807) is 0 Å². The average Bonchev–Trinajstić information content (AvgIpc) is 2.56. The molecule has 0 heterocycles. The smallest absolute Gasteiger partial charge is 0.207 e. The van der Waals surface area contributed by atoms with E-state index in [-0.39, 0.29) is 12.4 Å². The molecule has 4 heteroatoms. The van der Waals surface area contributed by atoms with Crippen molar-refractivity contribution in [1.29, 1.82) is 10.5 Å². The van der Waals surface area contributed by atoms with Crippen molar-refractivity contribution in [2.24, 2.45) is 4.99 Å². The van der Waals surface area contributed by atoms with Crippen LogP contribution in [0, 0.1) is 36.5 Å². The number of aryl methyl sites for hydroxylation is 2. The second-order valence-electron chi connectivity index (χ2n) is 5.30. The van der Waals surface area contributed by atoms with E-state index in [0.29, 0.717) is 0 Å². The Bertz CT molecular complexity index is 769. The Kier molecular flexibility index (Phi) is 5.50. The van der Waals surface area contributed by atoms with Crippen molar-refractivity contribution >= 4 is 11.5 Å². The summed E-state index contributed by atoms with van der Waals surface area (Å²) in [7, 11) is 0. The minimum Gasteiger partial charge on any atom is -0.348 e. The monoisotopic (exact) mass is 302 g/mol. The summed E-state index contributed by atoms with van der Waals surface area (Å²) in [4.78, 5) is 4.28. The lowest BCUT2D eigenvalue weighted by Crippen LogP contribution is -2.21. The molecule has 0 radical (unpaired) electrons. The first kappa shape index (κ1) is 16.3. The molecule has 1 N–H and O–H groups in total. The summed E-state index contributed by atoms with van der Waals surface area (Å²) in [5.74, 6) is 0.154. The van der Waals surface area contributed by atoms with Gasteiger partial charge in [-0.05, 0) is 54.7 Å². The van der Waals surface area contributed by atoms with Gasteiger partial charge in [0.15, 0.2) is 0 Å². The van der Waals surface area contributed by atoms with Crippen molar-refractivity contribution < 1.29 is 0 Å². The van der Waals surface area contributed by atoms with E-state index in [2.05, 4.69) is 36.3 Å². The van der Waals surface area contributed by atoms with Gasteiger partial charge in [0, 0.05) is 0 Å². The minimum atomic E-state index is 0.0659. The zero-order valence-corrected chi connectivity index (χ0v) is 13.3. The first-order valence-electron chi connectivity index (χ1n) is 7.37. The minimum absolute atomic E-state index is 0.0659. The van der Waals surface area contributed by atoms with Crippen molar-refractivity contribution in [3.8, 4) is 12.1 Å². The molecule has 0 saturated carbocycles. The molecule has 0 fully saturated rings. The standard InChI is InChI=1S/C19H18N4/c1-14-10-17(23-19(13-21)22-9-8-20)11-15(2)18(14)12-16-6-4-3-5-7-16/h3-7,10-11H,9,12H2,1-2H3,(H,22,23). The van der Waals surface area contributed by atoms with Crippen LogP contribution in [-0.4, -0.2) is 12.4 Å². The van der Waals surface area contributed by atoms with Crippen LogP contribution in [0.3, 0.4) is 0 Å². The van der Waals surface area contributed by atoms with Crippen LogP contribution in [0.1, 0.15) is 22.3 Å². The van der Waals surface area contributed by atoms with Crippen molar-refractivity contribution in [1.82, 2.24) is 5.32 Å². The van der Waals surface area contributed by atoms with Gasteiger partial charge < -0.3 is 5.32 Å². The highest BCUT2D eigenvalue weighted by Crippen LogP contribution is 2.24. The van der Waals surface area contributed by atoms with Gasteiger partial charge in [-0.25, -0.2) is 4.99 Å². The second-order valence-corrected chi connectivity index (χ2v) is 5.30. The lowest BCUT2D eigenvalue weighted by atomic mass is 9.95. The molecule has 114 valence electrons. The molecular weight excluding hydrogens is 284 g/mol. The molecule has 0 aromatic heterocycles. The predicted molar refractivity (Wildman–Crippen MR) is 91.5 cm³/mol. The van der Waals surface area contributed by atoms with E-state index in [1.165, 1.54) is 11.1 Å². The molecule has 0 aliphatic carbocycles. The van der Waals surface area contributed by atoms with Gasteiger partial charge >= 0.3 is 0 Å². The number of nitriles is 2. The first-order valence-corrected chi connectivity index (χ1v) is 7.37. The quantitative estimate of drug-likeness (QED) is 0.533. The predicted octanol–water partition coefficient (Wildman–Crippen LogP) is 3.56. The molecule has 23 heavy (non-hydrogen) atoms. The number of hydrogen-bond acceptors (Lipinski definition) is 3. The maximum absolute atomic E-state index is 9.05. The van der Waals surface area contributed by atoms with Crippen LogP contribution in [0.2, 0.25) is 0 Å². The summed E-state index contributed by atoms with van der Waals surface area (Å²) >= 11 is 0. The summed E-state index contributed by atoms with van der Waals surface area (Å²) in [6.45, 7) is 4.18. The molecule has 0 spiro atoms. The van der Waals surface area contributed by atoms with Gasteiger partial charge in [0.25, 0.3) is 0 Å². The van der Waals surface area contributed by atoms with Gasteiger partial charge in [0.1, 0.15) is 12.6 Å². The van der Waals surface area contributed by atoms with E-state index in [0.717, 1.165) is 23.2 Å². The van der Waals surface area contributed by atoms with Gasteiger partial charge in [-0.3, -0.25) is 0 Å². The summed E-state index contributed by atoms with van der Waals surface area (Å²) < 4.78 is 0. The Labute approximate surface area is 136 Å². The highest BCUT2D eigenvalue weighted by Gasteiger charge is 2.07. The molecule has 4 nitrogen and oxygen atoms in total. The third kappa shape index (κ3) is 4.43. The van der Waals surface area contributed by atoms with E-state index in [4.69, 9.17) is 10.5 Å². The summed E-state index contributed by atoms with van der Waals surface area (Å²) in [5, 5.41) is 20.3. The van der Waals surface area contributed by atoms with Crippen molar-refractivity contribution in [2.75, 3.05) is 6.54 Å². The third-order valence-electron chi connectivity index (χ3n) is 3.59. The number of benzene rings is 2. The molecule has 0 atom stereocenters. The van der Waals surface area contributed by atoms with Crippen LogP contribution in [0.25, 0.3) is 0 Å². The fraction of sp³-hybridized carbons (Fsp3) is 0.211. The molecule has 2 rings (SSSR count). The zero-order valence-electron chi connectivity index (χ0n) is 13.3. The topological polar surface area (TPSA) is 72.0 Å². The highest BCUT2D eigenvalue weighted by atomic mass is 15.0. The van der Waals surface area contributed by atoms with Gasteiger partial charge in [-0.2, -0.15) is 10.5 Å². The normalized spacial score (nSPS) is 10.7. The Morgan fingerprint density at radius 1 is 1.09 bits per heavy atom. The van der Waals surface area contributed by atoms with Gasteiger partial charge in [0.05, 0.1) is 11.8 Å². The summed E-state index contributed by atoms with van der Waals surface area (Å²) in [5.41, 5.74) is 5.55. The van der Waals surface area contributed by atoms with Gasteiger partial charge in [-0.1, -0.05) is 30.3 Å². The molecule has 0 saturated heterocycles. The molecule has 0 amide bonds. The Hall–Kier alpha value is -3.11. The maximum Gasteiger partial charge on any atom is 0.207 e. The summed E-state index contributed by atoms with van der Waals surface area (Å²) in [6, 6.07) is 18.2. The Balaban J connectivity index is 2.29. The molecule has 0 aliphatic rings. The number of nitrogens with one attached hydrogen (secondary N) is 1. The lowest BCUT2D eigenvalue weighted by molar-refractivity contribution is 1.05. The molecule has 0 unspecified atom stereocenters.